The molecule has 0 atom stereocenters. The van der Waals surface area contributed by atoms with E-state index in [0.717, 1.165) is 30.6 Å². The van der Waals surface area contributed by atoms with Gasteiger partial charge < -0.3 is 18.1 Å². The Hall–Kier alpha value is -2.16. The zero-order valence-corrected chi connectivity index (χ0v) is 35.6. The molecule has 51 heavy (non-hydrogen) atoms. The van der Waals surface area contributed by atoms with Gasteiger partial charge in [-0.1, -0.05) is 90.1 Å². The lowest BCUT2D eigenvalue weighted by molar-refractivity contribution is 0.226. The Morgan fingerprint density at radius 3 is 1.02 bits per heavy atom. The van der Waals surface area contributed by atoms with Crippen molar-refractivity contribution in [3.8, 4) is 40.4 Å². The van der Waals surface area contributed by atoms with Gasteiger partial charge in [0.25, 0.3) is 0 Å². The molecule has 3 heterocycles. The number of benzene rings is 2. The zero-order valence-electron chi connectivity index (χ0n) is 31.3. The van der Waals surface area contributed by atoms with Gasteiger partial charge in [0.1, 0.15) is 0 Å². The van der Waals surface area contributed by atoms with Crippen LogP contribution >= 0.6 is 49.2 Å². The standard InChI is InChI=1S/C40H50O6P2S3/c1-11-43-47(41,44-12-2)35-36(48(42,45-13-3)46-14-4)38(34-26-24-32(50-34)28-17-21-30(22-18-28)40(8,9)10)51-37(35)33-25-23-31(49-33)27-15-19-29(20-16-27)39(5,6)7/h15-26H,11-14H2,1-10H3. The van der Waals surface area contributed by atoms with Gasteiger partial charge in [-0.25, -0.2) is 0 Å². The Balaban J connectivity index is 1.76. The quantitative estimate of drug-likeness (QED) is 0.104. The molecule has 5 rings (SSSR count). The smallest absolute Gasteiger partial charge is 0.305 e. The lowest BCUT2D eigenvalue weighted by atomic mass is 9.86. The van der Waals surface area contributed by atoms with Crippen molar-refractivity contribution in [3.05, 3.63) is 83.9 Å². The van der Waals surface area contributed by atoms with Gasteiger partial charge in [-0.05, 0) is 85.0 Å². The second-order valence-corrected chi connectivity index (χ2v) is 21.2. The summed E-state index contributed by atoms with van der Waals surface area (Å²) in [4.78, 5) is 5.21. The summed E-state index contributed by atoms with van der Waals surface area (Å²) in [5.74, 6) is 0. The highest BCUT2D eigenvalue weighted by Crippen LogP contribution is 2.60. The highest BCUT2D eigenvalue weighted by Gasteiger charge is 2.46. The van der Waals surface area contributed by atoms with E-state index in [1.165, 1.54) is 22.5 Å². The molecule has 0 saturated heterocycles. The monoisotopic (exact) mass is 784 g/mol. The second-order valence-electron chi connectivity index (χ2n) is 14.1. The molecule has 0 amide bonds. The van der Waals surface area contributed by atoms with Gasteiger partial charge in [0.15, 0.2) is 0 Å². The van der Waals surface area contributed by atoms with E-state index in [4.69, 9.17) is 18.1 Å². The summed E-state index contributed by atoms with van der Waals surface area (Å²) >= 11 is 4.61. The van der Waals surface area contributed by atoms with Crippen molar-refractivity contribution in [1.29, 1.82) is 0 Å². The summed E-state index contributed by atoms with van der Waals surface area (Å²) in [6.45, 7) is 20.9. The van der Waals surface area contributed by atoms with E-state index in [1.807, 2.05) is 12.1 Å². The van der Waals surface area contributed by atoms with E-state index in [1.54, 1.807) is 50.4 Å². The minimum atomic E-state index is -4.03. The Morgan fingerprint density at radius 2 is 0.745 bits per heavy atom. The van der Waals surface area contributed by atoms with Gasteiger partial charge >= 0.3 is 15.2 Å². The molecule has 11 heteroatoms. The van der Waals surface area contributed by atoms with Gasteiger partial charge in [0.2, 0.25) is 0 Å². The first-order valence-corrected chi connectivity index (χ1v) is 23.0. The number of hydrogen-bond acceptors (Lipinski definition) is 9. The normalized spacial score (nSPS) is 12.9. The fourth-order valence-electron chi connectivity index (χ4n) is 5.77. The van der Waals surface area contributed by atoms with Crippen molar-refractivity contribution in [2.75, 3.05) is 26.4 Å². The fraction of sp³-hybridized carbons (Fsp3) is 0.400. The highest BCUT2D eigenvalue weighted by molar-refractivity contribution is 7.71. The molecular weight excluding hydrogens is 735 g/mol. The molecule has 0 aliphatic heterocycles. The average Bonchev–Trinajstić information content (AvgIpc) is 3.84. The number of hydrogen-bond donors (Lipinski definition) is 0. The van der Waals surface area contributed by atoms with Crippen LogP contribution in [0.3, 0.4) is 0 Å². The lowest BCUT2D eigenvalue weighted by Crippen LogP contribution is -2.28. The molecule has 0 spiro atoms. The van der Waals surface area contributed by atoms with Crippen LogP contribution in [0.25, 0.3) is 40.4 Å². The molecule has 0 N–H and O–H groups in total. The van der Waals surface area contributed by atoms with Crippen LogP contribution in [0.15, 0.2) is 72.8 Å². The maximum atomic E-state index is 15.0. The van der Waals surface area contributed by atoms with Gasteiger partial charge in [-0.3, -0.25) is 9.13 Å². The van der Waals surface area contributed by atoms with Crippen molar-refractivity contribution in [2.45, 2.75) is 80.1 Å². The van der Waals surface area contributed by atoms with E-state index in [2.05, 4.69) is 102 Å². The van der Waals surface area contributed by atoms with Crippen LogP contribution < -0.4 is 10.6 Å². The molecule has 0 bridgehead atoms. The summed E-state index contributed by atoms with van der Waals surface area (Å²) < 4.78 is 54.1. The first kappa shape index (κ1) is 40.0. The fourth-order valence-corrected chi connectivity index (χ4v) is 14.6. The van der Waals surface area contributed by atoms with E-state index >= 15 is 9.13 Å². The maximum Gasteiger partial charge on any atom is 0.363 e. The number of thiophene rings is 3. The van der Waals surface area contributed by atoms with Gasteiger partial charge in [0.05, 0.1) is 46.8 Å². The lowest BCUT2D eigenvalue weighted by Gasteiger charge is -2.23. The third-order valence-corrected chi connectivity index (χ3v) is 17.0. The molecular formula is C40H50O6P2S3. The SMILES string of the molecule is CCOP(=O)(OCC)c1c(-c2ccc(-c3ccc(C(C)(C)C)cc3)s2)sc(-c2ccc(-c3ccc(C(C)(C)C)cc3)s2)c1P(=O)(OCC)OCC. The Kier molecular flexibility index (Phi) is 12.6. The van der Waals surface area contributed by atoms with Crippen LogP contribution in [0.2, 0.25) is 0 Å². The average molecular weight is 785 g/mol. The molecule has 0 fully saturated rings. The second kappa shape index (κ2) is 16.1. The Labute approximate surface area is 316 Å². The van der Waals surface area contributed by atoms with Crippen LogP contribution in [-0.2, 0) is 38.1 Å². The van der Waals surface area contributed by atoms with Crippen LogP contribution in [-0.4, -0.2) is 26.4 Å². The third-order valence-electron chi connectivity index (χ3n) is 8.33. The highest BCUT2D eigenvalue weighted by atomic mass is 32.1. The number of rotatable bonds is 14. The molecule has 0 aliphatic rings. The molecule has 0 aliphatic carbocycles. The van der Waals surface area contributed by atoms with E-state index in [9.17, 15) is 0 Å². The maximum absolute atomic E-state index is 15.0. The molecule has 3 aromatic heterocycles. The Morgan fingerprint density at radius 1 is 0.451 bits per heavy atom. The molecule has 0 saturated carbocycles. The van der Waals surface area contributed by atoms with Gasteiger partial charge in [0, 0.05) is 19.5 Å². The molecule has 5 aromatic rings. The molecule has 2 aromatic carbocycles. The summed E-state index contributed by atoms with van der Waals surface area (Å²) in [7, 11) is -8.05. The van der Waals surface area contributed by atoms with Crippen LogP contribution in [0.1, 0.15) is 80.4 Å². The van der Waals surface area contributed by atoms with E-state index in [0.29, 0.717) is 9.75 Å². The minimum absolute atomic E-state index is 0.0458. The predicted molar refractivity (Wildman–Crippen MR) is 220 cm³/mol. The van der Waals surface area contributed by atoms with Crippen molar-refractivity contribution in [2.24, 2.45) is 0 Å². The van der Waals surface area contributed by atoms with Gasteiger partial charge in [-0.2, -0.15) is 0 Å². The summed E-state index contributed by atoms with van der Waals surface area (Å²) in [5, 5.41) is 0.523. The zero-order chi connectivity index (χ0) is 37.2. The first-order chi connectivity index (χ1) is 24.1. The summed E-state index contributed by atoms with van der Waals surface area (Å²) in [6.07, 6.45) is 0. The minimum Gasteiger partial charge on any atom is -0.305 e. The molecule has 274 valence electrons. The molecule has 0 unspecified atom stereocenters. The Bertz CT molecular complexity index is 1860. The predicted octanol–water partition coefficient (Wildman–Crippen LogP) is 12.9. The summed E-state index contributed by atoms with van der Waals surface area (Å²) in [6, 6.07) is 25.5. The van der Waals surface area contributed by atoms with Gasteiger partial charge in [-0.15, -0.1) is 34.0 Å². The van der Waals surface area contributed by atoms with E-state index < -0.39 is 15.2 Å². The van der Waals surface area contributed by atoms with Crippen LogP contribution in [0, 0.1) is 0 Å². The molecule has 0 radical (unpaired) electrons. The topological polar surface area (TPSA) is 71.1 Å². The van der Waals surface area contributed by atoms with Crippen LogP contribution in [0.4, 0.5) is 0 Å². The summed E-state index contributed by atoms with van der Waals surface area (Å²) in [5.41, 5.74) is 4.79. The van der Waals surface area contributed by atoms with Crippen molar-refractivity contribution >= 4 is 59.8 Å². The van der Waals surface area contributed by atoms with Crippen molar-refractivity contribution < 1.29 is 27.2 Å². The van der Waals surface area contributed by atoms with E-state index in [-0.39, 0.29) is 47.9 Å². The largest absolute Gasteiger partial charge is 0.363 e. The van der Waals surface area contributed by atoms with Crippen molar-refractivity contribution in [3.63, 3.8) is 0 Å². The van der Waals surface area contributed by atoms with Crippen molar-refractivity contribution in [1.82, 2.24) is 0 Å². The first-order valence-electron chi connectivity index (χ1n) is 17.5. The molecule has 6 nitrogen and oxygen atoms in total. The van der Waals surface area contributed by atoms with Crippen LogP contribution in [0.5, 0.6) is 0 Å². The third kappa shape index (κ3) is 8.64.